The highest BCUT2D eigenvalue weighted by molar-refractivity contribution is 5.71. The van der Waals surface area contributed by atoms with Crippen LogP contribution in [0.25, 0.3) is 0 Å². The van der Waals surface area contributed by atoms with Crippen LogP contribution in [0.2, 0.25) is 0 Å². The third kappa shape index (κ3) is 60.6. The number of allylic oxidation sites excluding steroid dienone is 20. The number of ether oxygens (including phenoxy) is 3. The first kappa shape index (κ1) is 70.8. The van der Waals surface area contributed by atoms with E-state index in [1.165, 1.54) is 96.3 Å². The molecule has 0 aromatic carbocycles. The summed E-state index contributed by atoms with van der Waals surface area (Å²) in [6, 6.07) is 0. The van der Waals surface area contributed by atoms with Crippen molar-refractivity contribution in [3.05, 3.63) is 122 Å². The van der Waals surface area contributed by atoms with E-state index in [4.69, 9.17) is 14.2 Å². The molecule has 0 fully saturated rings. The molecule has 0 aliphatic carbocycles. The van der Waals surface area contributed by atoms with E-state index in [1.54, 1.807) is 0 Å². The van der Waals surface area contributed by atoms with Gasteiger partial charge in [0.25, 0.3) is 0 Å². The van der Waals surface area contributed by atoms with Gasteiger partial charge in [-0.05, 0) is 109 Å². The quantitative estimate of drug-likeness (QED) is 0.0261. The molecule has 0 bridgehead atoms. The molecular formula is C69H114O6. The highest BCUT2D eigenvalue weighted by Gasteiger charge is 2.19. The van der Waals surface area contributed by atoms with Crippen molar-refractivity contribution in [3.63, 3.8) is 0 Å². The number of hydrogen-bond acceptors (Lipinski definition) is 6. The van der Waals surface area contributed by atoms with Gasteiger partial charge in [-0.1, -0.05) is 271 Å². The number of carbonyl (C=O) groups is 3. The second-order valence-electron chi connectivity index (χ2n) is 20.2. The third-order valence-corrected chi connectivity index (χ3v) is 13.0. The number of unbranched alkanes of at least 4 members (excludes halogenated alkanes) is 24. The summed E-state index contributed by atoms with van der Waals surface area (Å²) in [4.78, 5) is 38.2. The molecule has 0 aliphatic heterocycles. The minimum Gasteiger partial charge on any atom is -0.462 e. The van der Waals surface area contributed by atoms with Crippen LogP contribution in [0.1, 0.15) is 278 Å². The standard InChI is InChI=1S/C69H114O6/c1-4-7-10-13-16-19-21-23-25-27-29-31-32-33-34-35-36-38-39-41-43-45-47-50-53-56-59-62-68(71)74-65-66(64-73-67(70)61-58-55-52-49-18-15-12-9-6-3)75-69(72)63-60-57-54-51-48-46-44-42-40-37-30-28-26-24-22-20-17-14-11-8-5-2/h7-8,10-11,16-17,19-20,23-26,29-31,33-34,37,42,44,66H,4-6,9,12-15,18,21-22,27-28,32,35-36,38-41,43,45-65H2,1-3H3/b10-7-,11-8-,19-16-,20-17-,25-23-,26-24-,31-29-,34-33-,37-30-,44-42-. The fourth-order valence-corrected chi connectivity index (χ4v) is 8.38. The number of hydrogen-bond donors (Lipinski definition) is 0. The Morgan fingerprint density at radius 3 is 0.813 bits per heavy atom. The lowest BCUT2D eigenvalue weighted by molar-refractivity contribution is -0.167. The molecule has 1 atom stereocenters. The van der Waals surface area contributed by atoms with E-state index in [1.807, 2.05) is 0 Å². The molecule has 0 amide bonds. The highest BCUT2D eigenvalue weighted by Crippen LogP contribution is 2.15. The van der Waals surface area contributed by atoms with Gasteiger partial charge in [0.2, 0.25) is 0 Å². The molecule has 0 heterocycles. The summed E-state index contributed by atoms with van der Waals surface area (Å²) in [5.74, 6) is -0.909. The lowest BCUT2D eigenvalue weighted by Gasteiger charge is -2.18. The van der Waals surface area contributed by atoms with E-state index in [2.05, 4.69) is 142 Å². The molecule has 426 valence electrons. The SMILES string of the molecule is CC/C=C\C/C=C\C/C=C\C/C=C\C/C=C\CCCCCCCCCCCCCC(=O)OCC(COC(=O)CCCCCCCCCCC)OC(=O)CCCCCCC/C=C\C/C=C\C/C=C\C/C=C\C/C=C\CC. The molecule has 0 aromatic rings. The first-order valence-corrected chi connectivity index (χ1v) is 31.0. The van der Waals surface area contributed by atoms with E-state index >= 15 is 0 Å². The van der Waals surface area contributed by atoms with Gasteiger partial charge in [-0.25, -0.2) is 0 Å². The van der Waals surface area contributed by atoms with E-state index in [0.717, 1.165) is 141 Å². The average Bonchev–Trinajstić information content (AvgIpc) is 3.41. The van der Waals surface area contributed by atoms with Crippen LogP contribution >= 0.6 is 0 Å². The maximum Gasteiger partial charge on any atom is 0.306 e. The lowest BCUT2D eigenvalue weighted by Crippen LogP contribution is -2.30. The van der Waals surface area contributed by atoms with Crippen molar-refractivity contribution in [2.24, 2.45) is 0 Å². The lowest BCUT2D eigenvalue weighted by atomic mass is 10.0. The van der Waals surface area contributed by atoms with Crippen molar-refractivity contribution in [1.29, 1.82) is 0 Å². The van der Waals surface area contributed by atoms with E-state index in [9.17, 15) is 14.4 Å². The fraction of sp³-hybridized carbons (Fsp3) is 0.667. The Balaban J connectivity index is 4.27. The first-order chi connectivity index (χ1) is 37.0. The molecular weight excluding hydrogens is 925 g/mol. The van der Waals surface area contributed by atoms with Crippen molar-refractivity contribution < 1.29 is 28.6 Å². The van der Waals surface area contributed by atoms with Crippen LogP contribution in [0, 0.1) is 0 Å². The summed E-state index contributed by atoms with van der Waals surface area (Å²) in [5.41, 5.74) is 0. The van der Waals surface area contributed by atoms with Crippen LogP contribution in [0.4, 0.5) is 0 Å². The number of esters is 3. The monoisotopic (exact) mass is 1040 g/mol. The minimum atomic E-state index is -0.791. The van der Waals surface area contributed by atoms with Crippen LogP contribution in [-0.2, 0) is 28.6 Å². The molecule has 6 nitrogen and oxygen atoms in total. The van der Waals surface area contributed by atoms with Crippen molar-refractivity contribution in [2.75, 3.05) is 13.2 Å². The van der Waals surface area contributed by atoms with Crippen molar-refractivity contribution in [1.82, 2.24) is 0 Å². The van der Waals surface area contributed by atoms with E-state index in [-0.39, 0.29) is 31.1 Å². The van der Waals surface area contributed by atoms with Gasteiger partial charge in [-0.3, -0.25) is 14.4 Å². The average molecular weight is 1040 g/mol. The van der Waals surface area contributed by atoms with Crippen LogP contribution < -0.4 is 0 Å². The number of carbonyl (C=O) groups excluding carboxylic acids is 3. The Hall–Kier alpha value is -4.19. The molecule has 0 rings (SSSR count). The Kier molecular flexibility index (Phi) is 58.9. The Morgan fingerprint density at radius 2 is 0.520 bits per heavy atom. The second kappa shape index (κ2) is 62.4. The van der Waals surface area contributed by atoms with Gasteiger partial charge >= 0.3 is 17.9 Å². The highest BCUT2D eigenvalue weighted by atomic mass is 16.6. The molecule has 0 aromatic heterocycles. The molecule has 0 radical (unpaired) electrons. The van der Waals surface area contributed by atoms with Crippen LogP contribution in [0.15, 0.2) is 122 Å². The van der Waals surface area contributed by atoms with Crippen molar-refractivity contribution >= 4 is 17.9 Å². The molecule has 0 N–H and O–H groups in total. The van der Waals surface area contributed by atoms with Crippen molar-refractivity contribution in [3.8, 4) is 0 Å². The van der Waals surface area contributed by atoms with Gasteiger partial charge in [-0.15, -0.1) is 0 Å². The minimum absolute atomic E-state index is 0.0871. The summed E-state index contributed by atoms with van der Waals surface area (Å²) in [5, 5.41) is 0. The zero-order valence-electron chi connectivity index (χ0n) is 48.8. The molecule has 0 aliphatic rings. The van der Waals surface area contributed by atoms with Gasteiger partial charge in [0, 0.05) is 19.3 Å². The van der Waals surface area contributed by atoms with E-state index < -0.39 is 6.10 Å². The maximum absolute atomic E-state index is 12.9. The first-order valence-electron chi connectivity index (χ1n) is 31.0. The summed E-state index contributed by atoms with van der Waals surface area (Å²) >= 11 is 0. The molecule has 0 saturated heterocycles. The predicted molar refractivity (Wildman–Crippen MR) is 325 cm³/mol. The van der Waals surface area contributed by atoms with E-state index in [0.29, 0.717) is 19.3 Å². The van der Waals surface area contributed by atoms with Gasteiger partial charge in [-0.2, -0.15) is 0 Å². The normalized spacial score (nSPS) is 12.9. The van der Waals surface area contributed by atoms with Gasteiger partial charge in [0.1, 0.15) is 13.2 Å². The summed E-state index contributed by atoms with van der Waals surface area (Å²) in [7, 11) is 0. The predicted octanol–water partition coefficient (Wildman–Crippen LogP) is 21.2. The molecule has 1 unspecified atom stereocenters. The van der Waals surface area contributed by atoms with Gasteiger partial charge in [0.05, 0.1) is 0 Å². The topological polar surface area (TPSA) is 78.9 Å². The molecule has 0 saturated carbocycles. The third-order valence-electron chi connectivity index (χ3n) is 13.0. The Labute approximate surface area is 462 Å². The van der Waals surface area contributed by atoms with Gasteiger partial charge < -0.3 is 14.2 Å². The smallest absolute Gasteiger partial charge is 0.306 e. The molecule has 75 heavy (non-hydrogen) atoms. The van der Waals surface area contributed by atoms with Crippen LogP contribution in [-0.4, -0.2) is 37.2 Å². The van der Waals surface area contributed by atoms with Crippen LogP contribution in [0.5, 0.6) is 0 Å². The largest absolute Gasteiger partial charge is 0.462 e. The second-order valence-corrected chi connectivity index (χ2v) is 20.2. The maximum atomic E-state index is 12.9. The summed E-state index contributed by atoms with van der Waals surface area (Å²) in [6.45, 7) is 6.38. The van der Waals surface area contributed by atoms with Crippen molar-refractivity contribution in [2.45, 2.75) is 284 Å². The fourth-order valence-electron chi connectivity index (χ4n) is 8.38. The van der Waals surface area contributed by atoms with Gasteiger partial charge in [0.15, 0.2) is 6.10 Å². The zero-order chi connectivity index (χ0) is 54.3. The Bertz CT molecular complexity index is 1570. The molecule has 6 heteroatoms. The Morgan fingerprint density at radius 1 is 0.280 bits per heavy atom. The number of rotatable bonds is 55. The summed E-state index contributed by atoms with van der Waals surface area (Å²) in [6.07, 6.45) is 86.3. The zero-order valence-corrected chi connectivity index (χ0v) is 48.8. The molecule has 0 spiro atoms. The summed E-state index contributed by atoms with van der Waals surface area (Å²) < 4.78 is 16.9. The van der Waals surface area contributed by atoms with Crippen LogP contribution in [0.3, 0.4) is 0 Å².